The number of benzene rings is 1. The summed E-state index contributed by atoms with van der Waals surface area (Å²) in [5.41, 5.74) is 3.28. The van der Waals surface area contributed by atoms with Gasteiger partial charge in [0.2, 0.25) is 0 Å². The molecular weight excluding hydrogens is 334 g/mol. The summed E-state index contributed by atoms with van der Waals surface area (Å²) >= 11 is 1.56. The van der Waals surface area contributed by atoms with Crippen LogP contribution in [-0.2, 0) is 12.3 Å². The highest BCUT2D eigenvalue weighted by Crippen LogP contribution is 2.23. The zero-order valence-corrected chi connectivity index (χ0v) is 14.5. The van der Waals surface area contributed by atoms with Crippen molar-refractivity contribution in [2.45, 2.75) is 24.4 Å². The van der Waals surface area contributed by atoms with Crippen LogP contribution >= 0.6 is 11.8 Å². The van der Waals surface area contributed by atoms with Gasteiger partial charge in [-0.25, -0.2) is 4.98 Å². The molecule has 0 unspecified atom stereocenters. The smallest absolute Gasteiger partial charge is 0.278 e. The predicted octanol–water partition coefficient (Wildman–Crippen LogP) is 3.97. The van der Waals surface area contributed by atoms with Crippen molar-refractivity contribution in [1.82, 2.24) is 14.5 Å². The van der Waals surface area contributed by atoms with E-state index in [9.17, 15) is 4.79 Å². The molecule has 0 amide bonds. The first-order valence-electron chi connectivity index (χ1n) is 8.00. The highest BCUT2D eigenvalue weighted by molar-refractivity contribution is 7.98. The van der Waals surface area contributed by atoms with E-state index in [0.29, 0.717) is 22.7 Å². The highest BCUT2D eigenvalue weighted by Gasteiger charge is 2.15. The molecule has 126 valence electrons. The minimum absolute atomic E-state index is 0.0786. The Morgan fingerprint density at radius 1 is 1.20 bits per heavy atom. The van der Waals surface area contributed by atoms with E-state index >= 15 is 0 Å². The molecule has 4 aromatic rings. The summed E-state index contributed by atoms with van der Waals surface area (Å²) in [5.74, 6) is 1.48. The van der Waals surface area contributed by atoms with Gasteiger partial charge in [-0.2, -0.15) is 0 Å². The Balaban J connectivity index is 1.75. The molecule has 0 aliphatic carbocycles. The number of aromatic amines is 1. The predicted molar refractivity (Wildman–Crippen MR) is 98.9 cm³/mol. The van der Waals surface area contributed by atoms with Crippen molar-refractivity contribution in [3.8, 4) is 0 Å². The van der Waals surface area contributed by atoms with Gasteiger partial charge in [0.25, 0.3) is 5.56 Å². The van der Waals surface area contributed by atoms with Crippen LogP contribution in [0.4, 0.5) is 0 Å². The second kappa shape index (κ2) is 6.64. The number of H-pyrrole nitrogens is 1. The van der Waals surface area contributed by atoms with Gasteiger partial charge in [0.1, 0.15) is 11.3 Å². The summed E-state index contributed by atoms with van der Waals surface area (Å²) in [7, 11) is 0. The lowest BCUT2D eigenvalue weighted by atomic mass is 10.2. The van der Waals surface area contributed by atoms with Crippen LogP contribution in [0.25, 0.3) is 11.0 Å². The third-order valence-electron chi connectivity index (χ3n) is 3.94. The van der Waals surface area contributed by atoms with Crippen molar-refractivity contribution >= 4 is 22.8 Å². The molecule has 0 spiro atoms. The Labute approximate surface area is 148 Å². The Morgan fingerprint density at radius 3 is 2.80 bits per heavy atom. The number of hydrogen-bond donors (Lipinski definition) is 1. The number of aromatic nitrogens is 3. The fraction of sp³-hybridized carbons (Fsp3) is 0.158. The number of rotatable bonds is 5. The standard InChI is InChI=1S/C19H17N3O2S/c1-13-10-16-17(20-13)18(23)22(11-15-8-5-9-24-15)19(21-16)25-12-14-6-3-2-4-7-14/h2-10,20H,11-12H2,1H3. The van der Waals surface area contributed by atoms with E-state index < -0.39 is 0 Å². The molecule has 1 aromatic carbocycles. The molecule has 6 heteroatoms. The molecule has 3 aromatic heterocycles. The molecule has 4 rings (SSSR count). The van der Waals surface area contributed by atoms with Gasteiger partial charge in [-0.1, -0.05) is 42.1 Å². The maximum Gasteiger partial charge on any atom is 0.278 e. The second-order valence-electron chi connectivity index (χ2n) is 5.85. The van der Waals surface area contributed by atoms with Crippen LogP contribution in [0.2, 0.25) is 0 Å². The second-order valence-corrected chi connectivity index (χ2v) is 6.79. The summed E-state index contributed by atoms with van der Waals surface area (Å²) in [6.07, 6.45) is 1.61. The van der Waals surface area contributed by atoms with Gasteiger partial charge in [0.05, 0.1) is 18.3 Å². The number of furan rings is 1. The average Bonchev–Trinajstić information content (AvgIpc) is 3.26. The highest BCUT2D eigenvalue weighted by atomic mass is 32.2. The summed E-state index contributed by atoms with van der Waals surface area (Å²) in [5, 5.41) is 0.691. The van der Waals surface area contributed by atoms with E-state index in [-0.39, 0.29) is 5.56 Å². The minimum Gasteiger partial charge on any atom is -0.467 e. The first-order chi connectivity index (χ1) is 12.2. The summed E-state index contributed by atoms with van der Waals surface area (Å²) in [6, 6.07) is 15.7. The van der Waals surface area contributed by atoms with E-state index in [2.05, 4.69) is 17.1 Å². The summed E-state index contributed by atoms with van der Waals surface area (Å²) in [4.78, 5) is 20.8. The monoisotopic (exact) mass is 351 g/mol. The van der Waals surface area contributed by atoms with Gasteiger partial charge >= 0.3 is 0 Å². The summed E-state index contributed by atoms with van der Waals surface area (Å²) < 4.78 is 7.09. The first-order valence-corrected chi connectivity index (χ1v) is 8.98. The Kier molecular flexibility index (Phi) is 4.19. The van der Waals surface area contributed by atoms with Crippen LogP contribution in [0.5, 0.6) is 0 Å². The lowest BCUT2D eigenvalue weighted by molar-refractivity contribution is 0.476. The molecule has 0 saturated carbocycles. The van der Waals surface area contributed by atoms with Crippen molar-refractivity contribution in [3.05, 3.63) is 82.2 Å². The Hall–Kier alpha value is -2.73. The molecule has 0 bridgehead atoms. The molecule has 0 radical (unpaired) electrons. The van der Waals surface area contributed by atoms with E-state index in [4.69, 9.17) is 9.40 Å². The SMILES string of the molecule is Cc1cc2nc(SCc3ccccc3)n(Cc3ccco3)c(=O)c2[nH]1. The zero-order chi connectivity index (χ0) is 17.2. The van der Waals surface area contributed by atoms with Crippen LogP contribution in [0.1, 0.15) is 17.0 Å². The van der Waals surface area contributed by atoms with Crippen LogP contribution in [-0.4, -0.2) is 14.5 Å². The molecule has 0 atom stereocenters. The maximum absolute atomic E-state index is 12.9. The minimum atomic E-state index is -0.0786. The summed E-state index contributed by atoms with van der Waals surface area (Å²) in [6.45, 7) is 2.29. The Bertz CT molecular complexity index is 1050. The molecule has 1 N–H and O–H groups in total. The zero-order valence-electron chi connectivity index (χ0n) is 13.7. The van der Waals surface area contributed by atoms with Gasteiger partial charge < -0.3 is 9.40 Å². The molecule has 0 aliphatic heterocycles. The number of hydrogen-bond acceptors (Lipinski definition) is 4. The maximum atomic E-state index is 12.9. The van der Waals surface area contributed by atoms with Crippen molar-refractivity contribution in [3.63, 3.8) is 0 Å². The van der Waals surface area contributed by atoms with Crippen molar-refractivity contribution in [2.75, 3.05) is 0 Å². The van der Waals surface area contributed by atoms with Crippen LogP contribution < -0.4 is 5.56 Å². The van der Waals surface area contributed by atoms with E-state index in [1.54, 1.807) is 22.6 Å². The number of nitrogens with one attached hydrogen (secondary N) is 1. The first kappa shape index (κ1) is 15.8. The fourth-order valence-electron chi connectivity index (χ4n) is 2.74. The molecular formula is C19H17N3O2S. The van der Waals surface area contributed by atoms with Gasteiger partial charge in [0.15, 0.2) is 5.16 Å². The largest absolute Gasteiger partial charge is 0.467 e. The Morgan fingerprint density at radius 2 is 2.04 bits per heavy atom. The molecule has 0 fully saturated rings. The third-order valence-corrected chi connectivity index (χ3v) is 4.99. The quantitative estimate of drug-likeness (QED) is 0.436. The lowest BCUT2D eigenvalue weighted by Crippen LogP contribution is -2.23. The van der Waals surface area contributed by atoms with Crippen molar-refractivity contribution in [1.29, 1.82) is 0 Å². The normalized spacial score (nSPS) is 11.2. The molecule has 0 aliphatic rings. The van der Waals surface area contributed by atoms with E-state index in [1.807, 2.05) is 43.3 Å². The van der Waals surface area contributed by atoms with Gasteiger partial charge in [-0.3, -0.25) is 9.36 Å². The van der Waals surface area contributed by atoms with Gasteiger partial charge in [0, 0.05) is 11.4 Å². The molecule has 3 heterocycles. The van der Waals surface area contributed by atoms with Crippen LogP contribution in [0.3, 0.4) is 0 Å². The van der Waals surface area contributed by atoms with Crippen molar-refractivity contribution in [2.24, 2.45) is 0 Å². The number of aryl methyl sites for hydroxylation is 1. The number of thioether (sulfide) groups is 1. The molecule has 25 heavy (non-hydrogen) atoms. The average molecular weight is 351 g/mol. The molecule has 0 saturated heterocycles. The van der Waals surface area contributed by atoms with Crippen molar-refractivity contribution < 1.29 is 4.42 Å². The van der Waals surface area contributed by atoms with E-state index in [0.717, 1.165) is 17.2 Å². The number of fused-ring (bicyclic) bond motifs is 1. The third kappa shape index (κ3) is 3.25. The van der Waals surface area contributed by atoms with Gasteiger partial charge in [-0.05, 0) is 30.7 Å². The van der Waals surface area contributed by atoms with Gasteiger partial charge in [-0.15, -0.1) is 0 Å². The van der Waals surface area contributed by atoms with Crippen LogP contribution in [0.15, 0.2) is 69.2 Å². The molecule has 5 nitrogen and oxygen atoms in total. The number of nitrogens with zero attached hydrogens (tertiary/aromatic N) is 2. The van der Waals surface area contributed by atoms with E-state index in [1.165, 1.54) is 5.56 Å². The van der Waals surface area contributed by atoms with Crippen LogP contribution in [0, 0.1) is 6.92 Å². The lowest BCUT2D eigenvalue weighted by Gasteiger charge is -2.10. The fourth-order valence-corrected chi connectivity index (χ4v) is 3.70. The topological polar surface area (TPSA) is 63.8 Å².